The Hall–Kier alpha value is -2.01. The van der Waals surface area contributed by atoms with E-state index in [0.717, 1.165) is 25.5 Å². The molecule has 0 fully saturated rings. The molecule has 0 unspecified atom stereocenters. The molecule has 5 nitrogen and oxygen atoms in total. The van der Waals surface area contributed by atoms with Crippen molar-refractivity contribution in [1.29, 1.82) is 0 Å². The van der Waals surface area contributed by atoms with Crippen molar-refractivity contribution in [3.05, 3.63) is 35.5 Å². The molecule has 1 aromatic heterocycles. The molecule has 0 atom stereocenters. The van der Waals surface area contributed by atoms with Crippen LogP contribution in [0.3, 0.4) is 0 Å². The summed E-state index contributed by atoms with van der Waals surface area (Å²) < 4.78 is 5.03. The van der Waals surface area contributed by atoms with E-state index in [9.17, 15) is 0 Å². The molecule has 22 heavy (non-hydrogen) atoms. The monoisotopic (exact) mass is 302 g/mol. The second-order valence-corrected chi connectivity index (χ2v) is 5.24. The van der Waals surface area contributed by atoms with Crippen molar-refractivity contribution >= 4 is 16.9 Å². The molecule has 0 aliphatic rings. The first-order chi connectivity index (χ1) is 10.8. The second-order valence-electron chi connectivity index (χ2n) is 5.24. The van der Waals surface area contributed by atoms with E-state index < -0.39 is 0 Å². The fourth-order valence-electron chi connectivity index (χ4n) is 2.48. The smallest absolute Gasteiger partial charge is 0.191 e. The summed E-state index contributed by atoms with van der Waals surface area (Å²) in [7, 11) is 1.69. The lowest BCUT2D eigenvalue weighted by Crippen LogP contribution is -2.38. The zero-order valence-corrected chi connectivity index (χ0v) is 13.7. The number of aryl methyl sites for hydroxylation is 1. The Labute approximate surface area is 132 Å². The molecule has 0 aliphatic carbocycles. The maximum absolute atomic E-state index is 5.03. The largest absolute Gasteiger partial charge is 0.383 e. The minimum Gasteiger partial charge on any atom is -0.383 e. The number of H-pyrrole nitrogens is 1. The summed E-state index contributed by atoms with van der Waals surface area (Å²) in [6.45, 7) is 7.20. The number of hydrogen-bond donors (Lipinski definition) is 3. The van der Waals surface area contributed by atoms with Gasteiger partial charge >= 0.3 is 0 Å². The topological polar surface area (TPSA) is 61.4 Å². The van der Waals surface area contributed by atoms with Gasteiger partial charge in [0.2, 0.25) is 0 Å². The van der Waals surface area contributed by atoms with Gasteiger partial charge in [0.25, 0.3) is 0 Å². The highest BCUT2D eigenvalue weighted by Crippen LogP contribution is 2.21. The number of hydrogen-bond acceptors (Lipinski definition) is 2. The van der Waals surface area contributed by atoms with Gasteiger partial charge in [0.1, 0.15) is 0 Å². The van der Waals surface area contributed by atoms with Crippen LogP contribution in [0.5, 0.6) is 0 Å². The van der Waals surface area contributed by atoms with Crippen molar-refractivity contribution in [3.8, 4) is 0 Å². The van der Waals surface area contributed by atoms with Crippen molar-refractivity contribution in [1.82, 2.24) is 15.6 Å². The summed E-state index contributed by atoms with van der Waals surface area (Å²) in [6.07, 6.45) is 3.06. The highest BCUT2D eigenvalue weighted by molar-refractivity contribution is 5.86. The van der Waals surface area contributed by atoms with Gasteiger partial charge in [-0.2, -0.15) is 0 Å². The van der Waals surface area contributed by atoms with Crippen LogP contribution in [-0.4, -0.2) is 44.3 Å². The Balaban J connectivity index is 1.93. The Bertz CT molecular complexity index is 618. The fourth-order valence-corrected chi connectivity index (χ4v) is 2.48. The van der Waals surface area contributed by atoms with E-state index >= 15 is 0 Å². The zero-order chi connectivity index (χ0) is 15.8. The van der Waals surface area contributed by atoms with Crippen LogP contribution in [0.25, 0.3) is 10.9 Å². The number of guanidine groups is 1. The molecular formula is C17H26N4O. The maximum Gasteiger partial charge on any atom is 0.191 e. The lowest BCUT2D eigenvalue weighted by atomic mass is 10.1. The number of aromatic nitrogens is 1. The number of benzene rings is 1. The molecule has 0 amide bonds. The third-order valence-corrected chi connectivity index (χ3v) is 3.61. The molecule has 5 heteroatoms. The average molecular weight is 302 g/mol. The van der Waals surface area contributed by atoms with Crippen LogP contribution in [-0.2, 0) is 11.2 Å². The number of para-hydroxylation sites is 1. The van der Waals surface area contributed by atoms with Crippen LogP contribution in [0.2, 0.25) is 0 Å². The van der Waals surface area contributed by atoms with E-state index in [1.807, 2.05) is 0 Å². The van der Waals surface area contributed by atoms with Crippen molar-refractivity contribution in [2.45, 2.75) is 20.3 Å². The predicted octanol–water partition coefficient (Wildman–Crippen LogP) is 2.22. The van der Waals surface area contributed by atoms with E-state index in [1.165, 1.54) is 22.0 Å². The number of ether oxygens (including phenoxy) is 1. The van der Waals surface area contributed by atoms with Gasteiger partial charge in [-0.25, -0.2) is 0 Å². The van der Waals surface area contributed by atoms with Crippen molar-refractivity contribution < 1.29 is 4.74 Å². The number of methoxy groups -OCH3 is 1. The molecule has 1 heterocycles. The molecule has 2 aromatic rings. The minimum absolute atomic E-state index is 0.637. The molecule has 120 valence electrons. The highest BCUT2D eigenvalue weighted by atomic mass is 16.5. The van der Waals surface area contributed by atoms with E-state index in [1.54, 1.807) is 7.11 Å². The molecule has 2 rings (SSSR count). The van der Waals surface area contributed by atoms with Crippen LogP contribution in [0.4, 0.5) is 0 Å². The average Bonchev–Trinajstić information content (AvgIpc) is 2.92. The third-order valence-electron chi connectivity index (χ3n) is 3.61. The predicted molar refractivity (Wildman–Crippen MR) is 92.6 cm³/mol. The third kappa shape index (κ3) is 4.24. The SMILES string of the molecule is CCNC(=NCCOC)NCCc1c[nH]c2c(C)cccc12. The van der Waals surface area contributed by atoms with Gasteiger partial charge in [-0.05, 0) is 31.4 Å². The second kappa shape index (κ2) is 8.44. The van der Waals surface area contributed by atoms with Crippen LogP contribution < -0.4 is 10.6 Å². The summed E-state index contributed by atoms with van der Waals surface area (Å²) >= 11 is 0. The van der Waals surface area contributed by atoms with E-state index in [4.69, 9.17) is 4.74 Å². The summed E-state index contributed by atoms with van der Waals surface area (Å²) in [6, 6.07) is 6.41. The zero-order valence-electron chi connectivity index (χ0n) is 13.7. The first kappa shape index (κ1) is 16.4. The first-order valence-corrected chi connectivity index (χ1v) is 7.83. The van der Waals surface area contributed by atoms with Crippen molar-refractivity contribution in [3.63, 3.8) is 0 Å². The van der Waals surface area contributed by atoms with Gasteiger partial charge < -0.3 is 20.4 Å². The van der Waals surface area contributed by atoms with Gasteiger partial charge in [-0.3, -0.25) is 4.99 Å². The normalized spacial score (nSPS) is 11.9. The van der Waals surface area contributed by atoms with Gasteiger partial charge in [0, 0.05) is 37.3 Å². The van der Waals surface area contributed by atoms with Crippen LogP contribution in [0, 0.1) is 6.92 Å². The molecular weight excluding hydrogens is 276 g/mol. The Morgan fingerprint density at radius 3 is 2.95 bits per heavy atom. The summed E-state index contributed by atoms with van der Waals surface area (Å²) in [5.74, 6) is 0.843. The van der Waals surface area contributed by atoms with Gasteiger partial charge in [-0.1, -0.05) is 18.2 Å². The number of fused-ring (bicyclic) bond motifs is 1. The van der Waals surface area contributed by atoms with Gasteiger partial charge in [-0.15, -0.1) is 0 Å². The van der Waals surface area contributed by atoms with Gasteiger partial charge in [0.15, 0.2) is 5.96 Å². The molecule has 0 saturated carbocycles. The Morgan fingerprint density at radius 1 is 1.32 bits per heavy atom. The standard InChI is InChI=1S/C17H26N4O/c1-4-18-17(20-10-11-22-3)19-9-8-14-12-21-16-13(2)6-5-7-15(14)16/h5-7,12,21H,4,8-11H2,1-3H3,(H2,18,19,20). The number of aliphatic imine (C=N–C) groups is 1. The fraction of sp³-hybridized carbons (Fsp3) is 0.471. The summed E-state index contributed by atoms with van der Waals surface area (Å²) in [4.78, 5) is 7.83. The lowest BCUT2D eigenvalue weighted by molar-refractivity contribution is 0.208. The molecule has 0 radical (unpaired) electrons. The van der Waals surface area contributed by atoms with Gasteiger partial charge in [0.05, 0.1) is 13.2 Å². The van der Waals surface area contributed by atoms with E-state index in [-0.39, 0.29) is 0 Å². The van der Waals surface area contributed by atoms with E-state index in [0.29, 0.717) is 13.2 Å². The van der Waals surface area contributed by atoms with E-state index in [2.05, 4.69) is 58.9 Å². The molecule has 0 aliphatic heterocycles. The molecule has 0 bridgehead atoms. The van der Waals surface area contributed by atoms with Crippen molar-refractivity contribution in [2.75, 3.05) is 33.4 Å². The molecule has 1 aromatic carbocycles. The number of aromatic amines is 1. The maximum atomic E-state index is 5.03. The summed E-state index contributed by atoms with van der Waals surface area (Å²) in [5, 5.41) is 7.92. The highest BCUT2D eigenvalue weighted by Gasteiger charge is 2.05. The first-order valence-electron chi connectivity index (χ1n) is 7.83. The van der Waals surface area contributed by atoms with Crippen LogP contribution in [0.15, 0.2) is 29.4 Å². The number of nitrogens with one attached hydrogen (secondary N) is 3. The Kier molecular flexibility index (Phi) is 6.27. The van der Waals surface area contributed by atoms with Crippen LogP contribution in [0.1, 0.15) is 18.1 Å². The lowest BCUT2D eigenvalue weighted by Gasteiger charge is -2.11. The minimum atomic E-state index is 0.637. The van der Waals surface area contributed by atoms with Crippen molar-refractivity contribution in [2.24, 2.45) is 4.99 Å². The number of rotatable bonds is 7. The molecule has 3 N–H and O–H groups in total. The Morgan fingerprint density at radius 2 is 2.18 bits per heavy atom. The number of nitrogens with zero attached hydrogens (tertiary/aromatic N) is 1. The molecule has 0 spiro atoms. The van der Waals surface area contributed by atoms with Crippen LogP contribution >= 0.6 is 0 Å². The summed E-state index contributed by atoms with van der Waals surface area (Å²) in [5.41, 5.74) is 3.85. The quantitative estimate of drug-likeness (QED) is 0.417. The molecule has 0 saturated heterocycles.